The van der Waals surface area contributed by atoms with Crippen molar-refractivity contribution >= 4 is 17.7 Å². The summed E-state index contributed by atoms with van der Waals surface area (Å²) in [6.07, 6.45) is 0.676. The topological polar surface area (TPSA) is 75.3 Å². The van der Waals surface area contributed by atoms with E-state index in [1.165, 1.54) is 0 Å². The Hall–Kier alpha value is -0.260. The molecule has 0 spiro atoms. The smallest absolute Gasteiger partial charge is 0.237 e. The number of hydrogen-bond donors (Lipinski definition) is 3. The molecule has 0 bridgehead atoms. The maximum Gasteiger partial charge on any atom is 0.237 e. The second-order valence-electron chi connectivity index (χ2n) is 4.61. The van der Waals surface area contributed by atoms with Crippen LogP contribution in [-0.4, -0.2) is 40.2 Å². The van der Waals surface area contributed by atoms with E-state index < -0.39 is 5.54 Å². The molecular weight excluding hydrogens is 224 g/mol. The van der Waals surface area contributed by atoms with E-state index in [-0.39, 0.29) is 23.8 Å². The molecule has 0 saturated carbocycles. The first-order valence-electron chi connectivity index (χ1n) is 5.62. The van der Waals surface area contributed by atoms with Crippen LogP contribution in [-0.2, 0) is 4.79 Å². The Morgan fingerprint density at radius 2 is 2.06 bits per heavy atom. The van der Waals surface area contributed by atoms with Crippen LogP contribution in [0, 0.1) is 0 Å². The summed E-state index contributed by atoms with van der Waals surface area (Å²) < 4.78 is 0. The predicted molar refractivity (Wildman–Crippen MR) is 69.5 cm³/mol. The molecule has 5 heteroatoms. The van der Waals surface area contributed by atoms with Crippen LogP contribution in [0.25, 0.3) is 0 Å². The standard InChI is InChI=1S/C11H24N2O2S/c1-8(2)13-11(4,10(12)15)5-6-16-9(3)7-14/h8-9,13-14H,5-7H2,1-4H3,(H2,12,15). The average Bonchev–Trinajstić information content (AvgIpc) is 2.16. The third kappa shape index (κ3) is 5.72. The fraction of sp³-hybridized carbons (Fsp3) is 0.909. The minimum absolute atomic E-state index is 0.162. The van der Waals surface area contributed by atoms with Crippen molar-refractivity contribution < 1.29 is 9.90 Å². The molecule has 1 amide bonds. The van der Waals surface area contributed by atoms with Crippen molar-refractivity contribution in [2.75, 3.05) is 12.4 Å². The van der Waals surface area contributed by atoms with Crippen LogP contribution >= 0.6 is 11.8 Å². The molecule has 16 heavy (non-hydrogen) atoms. The van der Waals surface area contributed by atoms with Crippen molar-refractivity contribution in [1.82, 2.24) is 5.32 Å². The van der Waals surface area contributed by atoms with Gasteiger partial charge in [-0.3, -0.25) is 4.79 Å². The van der Waals surface area contributed by atoms with Gasteiger partial charge in [0, 0.05) is 11.3 Å². The van der Waals surface area contributed by atoms with E-state index in [0.29, 0.717) is 6.42 Å². The molecule has 0 radical (unpaired) electrons. The number of carbonyl (C=O) groups excluding carboxylic acids is 1. The largest absolute Gasteiger partial charge is 0.395 e. The minimum atomic E-state index is -0.656. The van der Waals surface area contributed by atoms with Crippen molar-refractivity contribution in [3.8, 4) is 0 Å². The summed E-state index contributed by atoms with van der Waals surface area (Å²) in [6.45, 7) is 7.94. The number of hydrogen-bond acceptors (Lipinski definition) is 4. The van der Waals surface area contributed by atoms with Gasteiger partial charge in [-0.1, -0.05) is 6.92 Å². The van der Waals surface area contributed by atoms with Gasteiger partial charge < -0.3 is 16.2 Å². The minimum Gasteiger partial charge on any atom is -0.395 e. The molecule has 2 atom stereocenters. The zero-order valence-electron chi connectivity index (χ0n) is 10.6. The second kappa shape index (κ2) is 7.14. The lowest BCUT2D eigenvalue weighted by atomic mass is 9.97. The normalized spacial score (nSPS) is 17.1. The number of amides is 1. The van der Waals surface area contributed by atoms with Crippen LogP contribution in [0.2, 0.25) is 0 Å². The first kappa shape index (κ1) is 15.7. The predicted octanol–water partition coefficient (Wildman–Crippen LogP) is 0.733. The Balaban J connectivity index is 4.18. The van der Waals surface area contributed by atoms with Gasteiger partial charge in [-0.05, 0) is 32.9 Å². The summed E-state index contributed by atoms with van der Waals surface area (Å²) >= 11 is 1.65. The summed E-state index contributed by atoms with van der Waals surface area (Å²) in [4.78, 5) is 11.4. The highest BCUT2D eigenvalue weighted by atomic mass is 32.2. The van der Waals surface area contributed by atoms with E-state index in [9.17, 15) is 4.79 Å². The van der Waals surface area contributed by atoms with Gasteiger partial charge in [0.1, 0.15) is 0 Å². The molecule has 0 fully saturated rings. The maximum atomic E-state index is 11.4. The highest BCUT2D eigenvalue weighted by Gasteiger charge is 2.30. The molecule has 0 aromatic carbocycles. The van der Waals surface area contributed by atoms with Crippen LogP contribution in [0.5, 0.6) is 0 Å². The zero-order valence-corrected chi connectivity index (χ0v) is 11.4. The Kier molecular flexibility index (Phi) is 7.03. The van der Waals surface area contributed by atoms with E-state index in [2.05, 4.69) is 5.32 Å². The first-order chi connectivity index (χ1) is 7.31. The number of primary amides is 1. The molecule has 0 aromatic heterocycles. The van der Waals surface area contributed by atoms with Gasteiger partial charge in [0.25, 0.3) is 0 Å². The molecule has 4 nitrogen and oxygen atoms in total. The third-order valence-corrected chi connectivity index (χ3v) is 3.57. The van der Waals surface area contributed by atoms with Gasteiger partial charge in [0.15, 0.2) is 0 Å². The molecule has 0 heterocycles. The lowest BCUT2D eigenvalue weighted by Crippen LogP contribution is -2.55. The van der Waals surface area contributed by atoms with E-state index in [0.717, 1.165) is 5.75 Å². The van der Waals surface area contributed by atoms with Gasteiger partial charge >= 0.3 is 0 Å². The lowest BCUT2D eigenvalue weighted by Gasteiger charge is -2.30. The van der Waals surface area contributed by atoms with Gasteiger partial charge in [-0.25, -0.2) is 0 Å². The number of nitrogens with one attached hydrogen (secondary N) is 1. The van der Waals surface area contributed by atoms with Gasteiger partial charge in [0.05, 0.1) is 12.1 Å². The molecule has 4 N–H and O–H groups in total. The Morgan fingerprint density at radius 3 is 2.44 bits per heavy atom. The molecule has 96 valence electrons. The number of nitrogens with two attached hydrogens (primary N) is 1. The van der Waals surface area contributed by atoms with E-state index in [1.807, 2.05) is 27.7 Å². The monoisotopic (exact) mass is 248 g/mol. The van der Waals surface area contributed by atoms with Crippen LogP contribution in [0.1, 0.15) is 34.1 Å². The van der Waals surface area contributed by atoms with E-state index in [4.69, 9.17) is 10.8 Å². The molecule has 0 aromatic rings. The van der Waals surface area contributed by atoms with Gasteiger partial charge in [0.2, 0.25) is 5.91 Å². The van der Waals surface area contributed by atoms with Gasteiger partial charge in [-0.15, -0.1) is 0 Å². The second-order valence-corrected chi connectivity index (χ2v) is 6.16. The zero-order chi connectivity index (χ0) is 12.8. The SMILES string of the molecule is CC(C)NC(C)(CCSC(C)CO)C(N)=O. The summed E-state index contributed by atoms with van der Waals surface area (Å²) in [7, 11) is 0. The number of aliphatic hydroxyl groups is 1. The van der Waals surface area contributed by atoms with Crippen molar-refractivity contribution in [1.29, 1.82) is 0 Å². The Morgan fingerprint density at radius 1 is 1.50 bits per heavy atom. The number of rotatable bonds is 8. The van der Waals surface area contributed by atoms with Crippen molar-refractivity contribution in [3.05, 3.63) is 0 Å². The van der Waals surface area contributed by atoms with Crippen LogP contribution in [0.4, 0.5) is 0 Å². The summed E-state index contributed by atoms with van der Waals surface area (Å²) in [6, 6.07) is 0.220. The molecule has 0 aliphatic heterocycles. The molecular formula is C11H24N2O2S. The molecule has 0 aliphatic carbocycles. The van der Waals surface area contributed by atoms with Crippen LogP contribution in [0.3, 0.4) is 0 Å². The van der Waals surface area contributed by atoms with Crippen molar-refractivity contribution in [3.63, 3.8) is 0 Å². The molecule has 0 rings (SSSR count). The van der Waals surface area contributed by atoms with E-state index >= 15 is 0 Å². The van der Waals surface area contributed by atoms with Gasteiger partial charge in [-0.2, -0.15) is 11.8 Å². The van der Waals surface area contributed by atoms with Crippen LogP contribution < -0.4 is 11.1 Å². The summed E-state index contributed by atoms with van der Waals surface area (Å²) in [5, 5.41) is 12.3. The fourth-order valence-corrected chi connectivity index (χ4v) is 2.45. The van der Waals surface area contributed by atoms with E-state index in [1.54, 1.807) is 11.8 Å². The summed E-state index contributed by atoms with van der Waals surface area (Å²) in [5.74, 6) is 0.486. The lowest BCUT2D eigenvalue weighted by molar-refractivity contribution is -0.124. The van der Waals surface area contributed by atoms with Crippen molar-refractivity contribution in [2.24, 2.45) is 5.73 Å². The maximum absolute atomic E-state index is 11.4. The summed E-state index contributed by atoms with van der Waals surface area (Å²) in [5.41, 5.74) is 4.75. The Bertz CT molecular complexity index is 224. The third-order valence-electron chi connectivity index (χ3n) is 2.41. The number of aliphatic hydroxyl groups excluding tert-OH is 1. The number of thioether (sulfide) groups is 1. The Labute approximate surface area is 102 Å². The fourth-order valence-electron chi connectivity index (χ4n) is 1.42. The molecule has 0 aliphatic rings. The highest BCUT2D eigenvalue weighted by Crippen LogP contribution is 2.18. The number of carbonyl (C=O) groups is 1. The quantitative estimate of drug-likeness (QED) is 0.592. The molecule has 0 saturated heterocycles. The van der Waals surface area contributed by atoms with Crippen LogP contribution in [0.15, 0.2) is 0 Å². The van der Waals surface area contributed by atoms with Crippen molar-refractivity contribution in [2.45, 2.75) is 50.9 Å². The highest BCUT2D eigenvalue weighted by molar-refractivity contribution is 7.99. The first-order valence-corrected chi connectivity index (χ1v) is 6.66. The molecule has 2 unspecified atom stereocenters. The average molecular weight is 248 g/mol.